The first-order chi connectivity index (χ1) is 8.18. The number of sulfonamides is 1. The zero-order valence-electron chi connectivity index (χ0n) is 12.0. The summed E-state index contributed by atoms with van der Waals surface area (Å²) in [5, 5.41) is 3.38. The molecule has 1 heterocycles. The van der Waals surface area contributed by atoms with Crippen molar-refractivity contribution >= 4 is 10.0 Å². The van der Waals surface area contributed by atoms with Crippen molar-refractivity contribution in [1.29, 1.82) is 0 Å². The van der Waals surface area contributed by atoms with Gasteiger partial charge in [0.1, 0.15) is 0 Å². The zero-order chi connectivity index (χ0) is 13.8. The van der Waals surface area contributed by atoms with Crippen molar-refractivity contribution in [2.24, 2.45) is 5.92 Å². The van der Waals surface area contributed by atoms with Crippen molar-refractivity contribution in [2.45, 2.75) is 32.2 Å². The van der Waals surface area contributed by atoms with E-state index >= 15 is 0 Å². The molecule has 0 aromatic heterocycles. The second-order valence-electron chi connectivity index (χ2n) is 6.16. The molecule has 5 nitrogen and oxygen atoms in total. The Labute approximate surface area is 111 Å². The lowest BCUT2D eigenvalue weighted by Gasteiger charge is -2.31. The summed E-state index contributed by atoms with van der Waals surface area (Å²) in [4.78, 5) is 2.36. The third-order valence-electron chi connectivity index (χ3n) is 3.18. The molecule has 0 spiro atoms. The quantitative estimate of drug-likeness (QED) is 0.730. The van der Waals surface area contributed by atoms with Crippen molar-refractivity contribution < 1.29 is 8.42 Å². The topological polar surface area (TPSA) is 61.4 Å². The van der Waals surface area contributed by atoms with Crippen LogP contribution in [-0.2, 0) is 10.0 Å². The van der Waals surface area contributed by atoms with Gasteiger partial charge in [-0.2, -0.15) is 0 Å². The van der Waals surface area contributed by atoms with Crippen molar-refractivity contribution in [1.82, 2.24) is 14.9 Å². The molecule has 108 valence electrons. The molecule has 1 unspecified atom stereocenters. The van der Waals surface area contributed by atoms with Crippen LogP contribution >= 0.6 is 0 Å². The second kappa shape index (κ2) is 6.32. The lowest BCUT2D eigenvalue weighted by atomic mass is 9.98. The fourth-order valence-electron chi connectivity index (χ4n) is 2.57. The Morgan fingerprint density at radius 3 is 2.61 bits per heavy atom. The van der Waals surface area contributed by atoms with Gasteiger partial charge in [0.25, 0.3) is 0 Å². The van der Waals surface area contributed by atoms with Gasteiger partial charge in [-0.05, 0) is 52.7 Å². The largest absolute Gasteiger partial charge is 0.315 e. The van der Waals surface area contributed by atoms with E-state index in [4.69, 9.17) is 0 Å². The number of nitrogens with zero attached hydrogens (tertiary/aromatic N) is 1. The van der Waals surface area contributed by atoms with E-state index in [2.05, 4.69) is 22.0 Å². The molecular formula is C12H27N3O2S. The van der Waals surface area contributed by atoms with E-state index in [-0.39, 0.29) is 0 Å². The monoisotopic (exact) mass is 277 g/mol. The Bertz CT molecular complexity index is 354. The second-order valence-corrected chi connectivity index (χ2v) is 7.91. The highest BCUT2D eigenvalue weighted by Gasteiger charge is 2.23. The molecule has 0 saturated carbocycles. The van der Waals surface area contributed by atoms with E-state index in [1.165, 1.54) is 25.6 Å². The van der Waals surface area contributed by atoms with Crippen LogP contribution in [0.1, 0.15) is 26.7 Å². The number of piperidine rings is 1. The molecule has 0 bridgehead atoms. The number of likely N-dealkylation sites (tertiary alicyclic amines) is 1. The molecule has 0 radical (unpaired) electrons. The predicted octanol–water partition coefficient (Wildman–Crippen LogP) is 0.246. The third kappa shape index (κ3) is 6.68. The standard InChI is InChI=1S/C12H27N3O2S/c1-12(2,14-18(4,16)17)10-13-8-11-6-5-7-15(3)9-11/h11,13-14H,5-10H2,1-4H3. The van der Waals surface area contributed by atoms with E-state index in [0.29, 0.717) is 12.5 Å². The van der Waals surface area contributed by atoms with Gasteiger partial charge in [0.15, 0.2) is 0 Å². The average Bonchev–Trinajstić information content (AvgIpc) is 2.13. The van der Waals surface area contributed by atoms with Crippen LogP contribution in [0.25, 0.3) is 0 Å². The predicted molar refractivity (Wildman–Crippen MR) is 75.1 cm³/mol. The molecule has 6 heteroatoms. The molecule has 1 aliphatic rings. The summed E-state index contributed by atoms with van der Waals surface area (Å²) in [7, 11) is -0.990. The minimum Gasteiger partial charge on any atom is -0.315 e. The summed E-state index contributed by atoms with van der Waals surface area (Å²) in [5.41, 5.74) is -0.436. The Morgan fingerprint density at radius 1 is 1.39 bits per heavy atom. The molecule has 18 heavy (non-hydrogen) atoms. The van der Waals surface area contributed by atoms with Crippen LogP contribution < -0.4 is 10.0 Å². The van der Waals surface area contributed by atoms with Crippen LogP contribution in [0.2, 0.25) is 0 Å². The van der Waals surface area contributed by atoms with Crippen LogP contribution in [0.15, 0.2) is 0 Å². The highest BCUT2D eigenvalue weighted by atomic mass is 32.2. The SMILES string of the molecule is CN1CCCC(CNCC(C)(C)NS(C)(=O)=O)C1. The first-order valence-corrected chi connectivity index (χ1v) is 8.45. The van der Waals surface area contributed by atoms with Crippen molar-refractivity contribution in [3.63, 3.8) is 0 Å². The van der Waals surface area contributed by atoms with Gasteiger partial charge < -0.3 is 10.2 Å². The Hall–Kier alpha value is -0.170. The third-order valence-corrected chi connectivity index (χ3v) is 4.11. The Morgan fingerprint density at radius 2 is 2.06 bits per heavy atom. The highest BCUT2D eigenvalue weighted by Crippen LogP contribution is 2.14. The van der Waals surface area contributed by atoms with E-state index in [0.717, 1.165) is 13.1 Å². The Balaban J connectivity index is 2.28. The van der Waals surface area contributed by atoms with Crippen molar-refractivity contribution in [3.05, 3.63) is 0 Å². The highest BCUT2D eigenvalue weighted by molar-refractivity contribution is 7.88. The van der Waals surface area contributed by atoms with Crippen molar-refractivity contribution in [3.8, 4) is 0 Å². The molecule has 0 aromatic carbocycles. The number of nitrogens with one attached hydrogen (secondary N) is 2. The summed E-state index contributed by atoms with van der Waals surface area (Å²) in [6, 6.07) is 0. The summed E-state index contributed by atoms with van der Waals surface area (Å²) in [6.45, 7) is 7.73. The normalized spacial score (nSPS) is 23.2. The molecule has 1 aliphatic heterocycles. The average molecular weight is 277 g/mol. The van der Waals surface area contributed by atoms with Gasteiger partial charge in [-0.15, -0.1) is 0 Å². The molecule has 1 atom stereocenters. The molecule has 1 rings (SSSR count). The fourth-order valence-corrected chi connectivity index (χ4v) is 3.64. The minimum atomic E-state index is -3.14. The maximum atomic E-state index is 11.2. The molecule has 1 saturated heterocycles. The van der Waals surface area contributed by atoms with E-state index in [1.54, 1.807) is 0 Å². The van der Waals surface area contributed by atoms with Crippen LogP contribution in [0.5, 0.6) is 0 Å². The molecule has 0 aliphatic carbocycles. The minimum absolute atomic E-state index is 0.436. The maximum Gasteiger partial charge on any atom is 0.209 e. The number of rotatable bonds is 6. The van der Waals surface area contributed by atoms with Crippen LogP contribution in [-0.4, -0.2) is 58.3 Å². The maximum absolute atomic E-state index is 11.2. The number of hydrogen-bond donors (Lipinski definition) is 2. The lowest BCUT2D eigenvalue weighted by molar-refractivity contribution is 0.204. The van der Waals surface area contributed by atoms with Crippen LogP contribution in [0, 0.1) is 5.92 Å². The van der Waals surface area contributed by atoms with Gasteiger partial charge >= 0.3 is 0 Å². The number of hydrogen-bond acceptors (Lipinski definition) is 4. The van der Waals surface area contributed by atoms with Crippen molar-refractivity contribution in [2.75, 3.05) is 39.5 Å². The molecule has 0 aromatic rings. The molecule has 0 amide bonds. The van der Waals surface area contributed by atoms with E-state index < -0.39 is 15.6 Å². The first kappa shape index (κ1) is 15.9. The fraction of sp³-hybridized carbons (Fsp3) is 1.00. The summed E-state index contributed by atoms with van der Waals surface area (Å²) >= 11 is 0. The lowest BCUT2D eigenvalue weighted by Crippen LogP contribution is -2.51. The van der Waals surface area contributed by atoms with Gasteiger partial charge in [0, 0.05) is 18.6 Å². The Kier molecular flexibility index (Phi) is 5.58. The van der Waals surface area contributed by atoms with Gasteiger partial charge in [-0.25, -0.2) is 13.1 Å². The van der Waals surface area contributed by atoms with Crippen LogP contribution in [0.3, 0.4) is 0 Å². The molecular weight excluding hydrogens is 250 g/mol. The summed E-state index contributed by atoms with van der Waals surface area (Å²) < 4.78 is 25.1. The van der Waals surface area contributed by atoms with Gasteiger partial charge in [0.2, 0.25) is 10.0 Å². The van der Waals surface area contributed by atoms with E-state index in [9.17, 15) is 8.42 Å². The van der Waals surface area contributed by atoms with E-state index in [1.807, 2.05) is 13.8 Å². The zero-order valence-corrected chi connectivity index (χ0v) is 12.8. The first-order valence-electron chi connectivity index (χ1n) is 6.56. The van der Waals surface area contributed by atoms with Gasteiger partial charge in [-0.3, -0.25) is 0 Å². The summed E-state index contributed by atoms with van der Waals surface area (Å²) in [5.74, 6) is 0.679. The van der Waals surface area contributed by atoms with Crippen LogP contribution in [0.4, 0.5) is 0 Å². The molecule has 2 N–H and O–H groups in total. The van der Waals surface area contributed by atoms with Gasteiger partial charge in [-0.1, -0.05) is 0 Å². The molecule has 1 fully saturated rings. The summed E-state index contributed by atoms with van der Waals surface area (Å²) in [6.07, 6.45) is 3.72. The van der Waals surface area contributed by atoms with Gasteiger partial charge in [0.05, 0.1) is 6.26 Å². The smallest absolute Gasteiger partial charge is 0.209 e.